The summed E-state index contributed by atoms with van der Waals surface area (Å²) in [6.07, 6.45) is 9.09. The molecule has 1 heterocycles. The van der Waals surface area contributed by atoms with Gasteiger partial charge in [-0.25, -0.2) is 4.79 Å². The quantitative estimate of drug-likeness (QED) is 0.0760. The molecule has 41 heavy (non-hydrogen) atoms. The third-order valence-electron chi connectivity index (χ3n) is 6.83. The topological polar surface area (TPSA) is 60.3 Å². The van der Waals surface area contributed by atoms with Crippen LogP contribution in [0, 0.1) is 0 Å². The third-order valence-corrected chi connectivity index (χ3v) is 7.36. The van der Waals surface area contributed by atoms with Gasteiger partial charge in [-0.2, -0.15) is 0 Å². The smallest absolute Gasteiger partial charge is 0.338 e. The number of rotatable bonds is 12. The molecular formula is C35H35BrN2O3. The summed E-state index contributed by atoms with van der Waals surface area (Å²) in [5.74, 6) is -0.437. The van der Waals surface area contributed by atoms with Crippen LogP contribution in [0.4, 0.5) is 0 Å². The zero-order chi connectivity index (χ0) is 29.2. The van der Waals surface area contributed by atoms with Crippen LogP contribution in [0.25, 0.3) is 16.5 Å². The highest BCUT2D eigenvalue weighted by Crippen LogP contribution is 2.26. The van der Waals surface area contributed by atoms with Gasteiger partial charge in [0.05, 0.1) is 12.2 Å². The first-order valence-electron chi connectivity index (χ1n) is 13.8. The van der Waals surface area contributed by atoms with Gasteiger partial charge in [0.1, 0.15) is 0 Å². The molecule has 0 saturated heterocycles. The molecule has 0 unspecified atom stereocenters. The summed E-state index contributed by atoms with van der Waals surface area (Å²) in [4.78, 5) is 25.5. The number of aromatic nitrogens is 1. The predicted octanol–water partition coefficient (Wildman–Crippen LogP) is 8.24. The molecule has 6 heteroatoms. The van der Waals surface area contributed by atoms with Crippen LogP contribution in [0.5, 0.6) is 0 Å². The Morgan fingerprint density at radius 1 is 0.976 bits per heavy atom. The van der Waals surface area contributed by atoms with Gasteiger partial charge in [0.25, 0.3) is 5.91 Å². The SMILES string of the molecule is C=C/C=C(C(=O)OCCCC)\C(=C/C)c1ccc(Cn2ccc3cc(C(=O)NCc4ccc(Br)cc4)ccc32)cc1. The molecule has 0 aliphatic heterocycles. The molecule has 0 spiro atoms. The number of esters is 1. The third kappa shape index (κ3) is 7.74. The maximum Gasteiger partial charge on any atom is 0.338 e. The molecule has 0 bridgehead atoms. The van der Waals surface area contributed by atoms with Crippen molar-refractivity contribution in [2.75, 3.05) is 6.61 Å². The Kier molecular flexibility index (Phi) is 10.5. The summed E-state index contributed by atoms with van der Waals surface area (Å²) >= 11 is 3.43. The fourth-order valence-electron chi connectivity index (χ4n) is 4.60. The number of benzene rings is 3. The van der Waals surface area contributed by atoms with Crippen molar-refractivity contribution < 1.29 is 14.3 Å². The fraction of sp³-hybridized carbons (Fsp3) is 0.200. The molecule has 210 valence electrons. The Morgan fingerprint density at radius 2 is 1.68 bits per heavy atom. The van der Waals surface area contributed by atoms with E-state index in [1.807, 2.05) is 79.9 Å². The number of halogens is 1. The van der Waals surface area contributed by atoms with Gasteiger partial charge in [-0.1, -0.05) is 84.4 Å². The molecule has 4 rings (SSSR count). The first-order chi connectivity index (χ1) is 19.9. The number of hydrogen-bond donors (Lipinski definition) is 1. The number of fused-ring (bicyclic) bond motifs is 1. The van der Waals surface area contributed by atoms with E-state index in [0.717, 1.165) is 50.5 Å². The summed E-state index contributed by atoms with van der Waals surface area (Å²) in [6, 6.07) is 23.9. The number of amides is 1. The number of carbonyl (C=O) groups is 2. The Morgan fingerprint density at radius 3 is 2.37 bits per heavy atom. The second-order valence-electron chi connectivity index (χ2n) is 9.73. The molecule has 1 N–H and O–H groups in total. The van der Waals surface area contributed by atoms with Crippen molar-refractivity contribution in [1.82, 2.24) is 9.88 Å². The van der Waals surface area contributed by atoms with E-state index in [4.69, 9.17) is 4.74 Å². The lowest BCUT2D eigenvalue weighted by molar-refractivity contribution is -0.138. The molecule has 1 aromatic heterocycles. The van der Waals surface area contributed by atoms with Gasteiger partial charge in [-0.05, 0) is 78.1 Å². The molecule has 0 aliphatic carbocycles. The first-order valence-corrected chi connectivity index (χ1v) is 14.6. The number of ether oxygens (including phenoxy) is 1. The van der Waals surface area contributed by atoms with E-state index in [9.17, 15) is 9.59 Å². The monoisotopic (exact) mass is 610 g/mol. The fourth-order valence-corrected chi connectivity index (χ4v) is 4.87. The van der Waals surface area contributed by atoms with E-state index in [1.165, 1.54) is 0 Å². The molecule has 0 atom stereocenters. The van der Waals surface area contributed by atoms with Crippen LogP contribution in [-0.4, -0.2) is 23.1 Å². The van der Waals surface area contributed by atoms with Crippen LogP contribution in [0.2, 0.25) is 0 Å². The molecule has 0 radical (unpaired) electrons. The molecule has 4 aromatic rings. The number of nitrogens with one attached hydrogen (secondary N) is 1. The summed E-state index contributed by atoms with van der Waals surface area (Å²) < 4.78 is 8.65. The molecule has 1 amide bonds. The number of nitrogens with zero attached hydrogens (tertiary/aromatic N) is 1. The molecule has 0 saturated carbocycles. The summed E-state index contributed by atoms with van der Waals surface area (Å²) in [7, 11) is 0. The van der Waals surface area contributed by atoms with E-state index in [-0.39, 0.29) is 11.9 Å². The minimum atomic E-state index is -0.337. The second-order valence-corrected chi connectivity index (χ2v) is 10.6. The van der Waals surface area contributed by atoms with Gasteiger partial charge in [0.15, 0.2) is 0 Å². The van der Waals surface area contributed by atoms with Crippen LogP contribution in [-0.2, 0) is 22.6 Å². The first kappa shape index (κ1) is 29.8. The van der Waals surface area contributed by atoms with Gasteiger partial charge in [-0.15, -0.1) is 0 Å². The summed E-state index contributed by atoms with van der Waals surface area (Å²) in [6.45, 7) is 9.31. The van der Waals surface area contributed by atoms with Crippen molar-refractivity contribution in [3.8, 4) is 0 Å². The van der Waals surface area contributed by atoms with Gasteiger partial charge in [0, 0.05) is 40.2 Å². The van der Waals surface area contributed by atoms with Gasteiger partial charge < -0.3 is 14.6 Å². The van der Waals surface area contributed by atoms with E-state index >= 15 is 0 Å². The Labute approximate surface area is 250 Å². The predicted molar refractivity (Wildman–Crippen MR) is 171 cm³/mol. The number of carbonyl (C=O) groups excluding carboxylic acids is 2. The van der Waals surface area contributed by atoms with Crippen LogP contribution in [0.3, 0.4) is 0 Å². The molecular weight excluding hydrogens is 576 g/mol. The maximum absolute atomic E-state index is 12.8. The lowest BCUT2D eigenvalue weighted by Crippen LogP contribution is -2.22. The van der Waals surface area contributed by atoms with Crippen molar-refractivity contribution >= 4 is 44.3 Å². The van der Waals surface area contributed by atoms with E-state index in [1.54, 1.807) is 12.2 Å². The van der Waals surface area contributed by atoms with Gasteiger partial charge in [0.2, 0.25) is 0 Å². The standard InChI is InChI=1S/C35H35BrN2O3/c1-4-7-21-41-35(40)32(8-5-2)31(6-3)27-13-9-26(10-14-27)24-38-20-19-28-22-29(15-18-33(28)38)34(39)37-23-25-11-16-30(36)17-12-25/h5-6,8-20,22H,2,4,7,21,23-24H2,1,3H3,(H,37,39)/b31-6-,32-8+. The van der Waals surface area contributed by atoms with Gasteiger partial charge >= 0.3 is 5.97 Å². The second kappa shape index (κ2) is 14.5. The average molecular weight is 612 g/mol. The minimum absolute atomic E-state index is 0.0999. The van der Waals surface area contributed by atoms with E-state index in [0.29, 0.717) is 30.8 Å². The lowest BCUT2D eigenvalue weighted by atomic mass is 9.96. The molecule has 0 aliphatic rings. The average Bonchev–Trinajstić information content (AvgIpc) is 3.39. The highest BCUT2D eigenvalue weighted by Gasteiger charge is 2.17. The van der Waals surface area contributed by atoms with Crippen LogP contribution >= 0.6 is 15.9 Å². The van der Waals surface area contributed by atoms with Crippen LogP contribution in [0.15, 0.2) is 114 Å². The van der Waals surface area contributed by atoms with Gasteiger partial charge in [-0.3, -0.25) is 4.79 Å². The Bertz CT molecular complexity index is 1580. The number of allylic oxidation sites excluding steroid dienone is 3. The van der Waals surface area contributed by atoms with Crippen molar-refractivity contribution in [2.45, 2.75) is 39.8 Å². The summed E-state index contributed by atoms with van der Waals surface area (Å²) in [5, 5.41) is 4.01. The summed E-state index contributed by atoms with van der Waals surface area (Å²) in [5.41, 5.74) is 6.10. The van der Waals surface area contributed by atoms with Crippen molar-refractivity contribution in [2.24, 2.45) is 0 Å². The normalized spacial score (nSPS) is 11.9. The molecule has 0 fully saturated rings. The van der Waals surface area contributed by atoms with Crippen molar-refractivity contribution in [3.63, 3.8) is 0 Å². The minimum Gasteiger partial charge on any atom is -0.462 e. The molecule has 5 nitrogen and oxygen atoms in total. The van der Waals surface area contributed by atoms with E-state index in [2.05, 4.69) is 51.4 Å². The van der Waals surface area contributed by atoms with Crippen LogP contribution < -0.4 is 5.32 Å². The zero-order valence-electron chi connectivity index (χ0n) is 23.5. The van der Waals surface area contributed by atoms with Crippen LogP contribution in [0.1, 0.15) is 53.7 Å². The number of hydrogen-bond acceptors (Lipinski definition) is 3. The largest absolute Gasteiger partial charge is 0.462 e. The lowest BCUT2D eigenvalue weighted by Gasteiger charge is -2.13. The zero-order valence-corrected chi connectivity index (χ0v) is 25.1. The maximum atomic E-state index is 12.8. The Balaban J connectivity index is 1.44. The number of unbranched alkanes of at least 4 members (excludes halogenated alkanes) is 1. The Hall–Kier alpha value is -4.16. The van der Waals surface area contributed by atoms with Crippen molar-refractivity contribution in [1.29, 1.82) is 0 Å². The highest BCUT2D eigenvalue weighted by molar-refractivity contribution is 9.10. The highest BCUT2D eigenvalue weighted by atomic mass is 79.9. The van der Waals surface area contributed by atoms with E-state index < -0.39 is 0 Å². The van der Waals surface area contributed by atoms with Crippen molar-refractivity contribution in [3.05, 3.63) is 136 Å². The molecule has 3 aromatic carbocycles.